The van der Waals surface area contributed by atoms with Crippen LogP contribution in [0.1, 0.15) is 12.5 Å². The van der Waals surface area contributed by atoms with Crippen LogP contribution in [0.4, 0.5) is 5.82 Å². The van der Waals surface area contributed by atoms with Gasteiger partial charge < -0.3 is 15.1 Å². The fraction of sp³-hybridized carbons (Fsp3) is 0.348. The molecule has 1 aliphatic rings. The summed E-state index contributed by atoms with van der Waals surface area (Å²) in [6.45, 7) is 7.53. The molecule has 3 heterocycles. The minimum Gasteiger partial charge on any atom is -0.357 e. The van der Waals surface area contributed by atoms with Crippen LogP contribution in [0, 0.1) is 0 Å². The number of anilines is 1. The molecular formula is C23H28N6. The normalized spacial score (nSPS) is 15.0. The van der Waals surface area contributed by atoms with E-state index in [4.69, 9.17) is 4.99 Å². The zero-order chi connectivity index (χ0) is 19.9. The molecule has 29 heavy (non-hydrogen) atoms. The Morgan fingerprint density at radius 3 is 2.59 bits per heavy atom. The number of benzene rings is 1. The van der Waals surface area contributed by atoms with Crippen molar-refractivity contribution in [2.45, 2.75) is 13.3 Å². The van der Waals surface area contributed by atoms with Gasteiger partial charge in [-0.25, -0.2) is 4.98 Å². The van der Waals surface area contributed by atoms with E-state index in [1.165, 1.54) is 10.9 Å². The monoisotopic (exact) mass is 388 g/mol. The molecule has 0 aliphatic carbocycles. The van der Waals surface area contributed by atoms with Crippen molar-refractivity contribution >= 4 is 22.7 Å². The van der Waals surface area contributed by atoms with Crippen LogP contribution in [-0.2, 0) is 6.42 Å². The van der Waals surface area contributed by atoms with E-state index in [9.17, 15) is 0 Å². The van der Waals surface area contributed by atoms with Gasteiger partial charge in [0.15, 0.2) is 5.96 Å². The van der Waals surface area contributed by atoms with Crippen LogP contribution in [0.3, 0.4) is 0 Å². The largest absolute Gasteiger partial charge is 0.357 e. The molecular weight excluding hydrogens is 360 g/mol. The van der Waals surface area contributed by atoms with Crippen molar-refractivity contribution in [1.29, 1.82) is 0 Å². The number of rotatable bonds is 5. The molecule has 0 bridgehead atoms. The third kappa shape index (κ3) is 4.65. The first-order valence-corrected chi connectivity index (χ1v) is 10.4. The van der Waals surface area contributed by atoms with Crippen molar-refractivity contribution in [2.75, 3.05) is 44.2 Å². The van der Waals surface area contributed by atoms with Gasteiger partial charge >= 0.3 is 0 Å². The average molecular weight is 389 g/mol. The minimum atomic E-state index is 0.748. The Hall–Kier alpha value is -3.15. The van der Waals surface area contributed by atoms with Crippen molar-refractivity contribution in [3.63, 3.8) is 0 Å². The molecule has 0 atom stereocenters. The van der Waals surface area contributed by atoms with E-state index in [-0.39, 0.29) is 0 Å². The Balaban J connectivity index is 1.39. The highest BCUT2D eigenvalue weighted by Crippen LogP contribution is 2.17. The number of guanidine groups is 1. The number of nitrogens with one attached hydrogen (secondary N) is 1. The van der Waals surface area contributed by atoms with Crippen molar-refractivity contribution in [3.05, 3.63) is 66.5 Å². The summed E-state index contributed by atoms with van der Waals surface area (Å²) in [6, 6.07) is 16.5. The second-order valence-electron chi connectivity index (χ2n) is 7.14. The highest BCUT2D eigenvalue weighted by Gasteiger charge is 2.20. The molecule has 0 amide bonds. The van der Waals surface area contributed by atoms with Crippen LogP contribution in [0.5, 0.6) is 0 Å². The number of pyridine rings is 2. The Kier molecular flexibility index (Phi) is 6.19. The third-order valence-electron chi connectivity index (χ3n) is 5.25. The van der Waals surface area contributed by atoms with Gasteiger partial charge in [-0.1, -0.05) is 30.3 Å². The maximum atomic E-state index is 4.91. The van der Waals surface area contributed by atoms with E-state index in [1.54, 1.807) is 0 Å². The highest BCUT2D eigenvalue weighted by atomic mass is 15.4. The number of aliphatic imine (C=N–C) groups is 1. The van der Waals surface area contributed by atoms with Crippen LogP contribution in [0.2, 0.25) is 0 Å². The smallest absolute Gasteiger partial charge is 0.194 e. The maximum absolute atomic E-state index is 4.91. The lowest BCUT2D eigenvalue weighted by Crippen LogP contribution is -2.52. The van der Waals surface area contributed by atoms with Gasteiger partial charge in [0.2, 0.25) is 0 Å². The molecule has 1 aromatic carbocycles. The quantitative estimate of drug-likeness (QED) is 0.538. The van der Waals surface area contributed by atoms with Gasteiger partial charge in [0.25, 0.3) is 0 Å². The zero-order valence-corrected chi connectivity index (χ0v) is 17.0. The summed E-state index contributed by atoms with van der Waals surface area (Å²) in [6.07, 6.45) is 4.60. The number of fused-ring (bicyclic) bond motifs is 1. The molecule has 1 aliphatic heterocycles. The summed E-state index contributed by atoms with van der Waals surface area (Å²) in [5.74, 6) is 2.05. The number of piperazine rings is 1. The van der Waals surface area contributed by atoms with Gasteiger partial charge in [0, 0.05) is 57.0 Å². The molecule has 1 N–H and O–H groups in total. The maximum Gasteiger partial charge on any atom is 0.194 e. The highest BCUT2D eigenvalue weighted by molar-refractivity contribution is 5.82. The Bertz CT molecular complexity index is 943. The molecule has 1 saturated heterocycles. The van der Waals surface area contributed by atoms with Crippen LogP contribution >= 0.6 is 0 Å². The molecule has 0 unspecified atom stereocenters. The topological polar surface area (TPSA) is 56.7 Å². The number of para-hydroxylation sites is 1. The van der Waals surface area contributed by atoms with Gasteiger partial charge in [0.1, 0.15) is 5.82 Å². The fourth-order valence-corrected chi connectivity index (χ4v) is 3.77. The molecule has 0 saturated carbocycles. The summed E-state index contributed by atoms with van der Waals surface area (Å²) in [4.78, 5) is 18.6. The van der Waals surface area contributed by atoms with Crippen LogP contribution in [0.25, 0.3) is 10.9 Å². The molecule has 2 aromatic heterocycles. The SMILES string of the molecule is CCNC(=NCCc1cccc2cccnc12)N1CCN(c2ccccn2)CC1. The van der Waals surface area contributed by atoms with E-state index in [2.05, 4.69) is 62.3 Å². The predicted molar refractivity (Wildman–Crippen MR) is 119 cm³/mol. The van der Waals surface area contributed by atoms with Crippen molar-refractivity contribution in [3.8, 4) is 0 Å². The van der Waals surface area contributed by atoms with Gasteiger partial charge in [-0.3, -0.25) is 9.98 Å². The van der Waals surface area contributed by atoms with E-state index in [0.29, 0.717) is 0 Å². The predicted octanol–water partition coefficient (Wildman–Crippen LogP) is 2.96. The van der Waals surface area contributed by atoms with Gasteiger partial charge in [-0.2, -0.15) is 0 Å². The second kappa shape index (κ2) is 9.37. The van der Waals surface area contributed by atoms with Gasteiger partial charge in [-0.15, -0.1) is 0 Å². The van der Waals surface area contributed by atoms with E-state index in [1.807, 2.05) is 30.6 Å². The number of aromatic nitrogens is 2. The van der Waals surface area contributed by atoms with E-state index in [0.717, 1.165) is 63.0 Å². The lowest BCUT2D eigenvalue weighted by atomic mass is 10.1. The zero-order valence-electron chi connectivity index (χ0n) is 17.0. The molecule has 6 heteroatoms. The summed E-state index contributed by atoms with van der Waals surface area (Å²) in [5.41, 5.74) is 2.34. The lowest BCUT2D eigenvalue weighted by molar-refractivity contribution is 0.371. The number of hydrogen-bond donors (Lipinski definition) is 1. The van der Waals surface area contributed by atoms with Crippen molar-refractivity contribution in [2.24, 2.45) is 4.99 Å². The molecule has 3 aromatic rings. The lowest BCUT2D eigenvalue weighted by Gasteiger charge is -2.37. The number of hydrogen-bond acceptors (Lipinski definition) is 4. The second-order valence-corrected chi connectivity index (χ2v) is 7.14. The summed E-state index contributed by atoms with van der Waals surface area (Å²) in [5, 5.41) is 4.64. The third-order valence-corrected chi connectivity index (χ3v) is 5.25. The van der Waals surface area contributed by atoms with Crippen molar-refractivity contribution < 1.29 is 0 Å². The number of nitrogens with zero attached hydrogens (tertiary/aromatic N) is 5. The van der Waals surface area contributed by atoms with Crippen LogP contribution in [0.15, 0.2) is 65.9 Å². The minimum absolute atomic E-state index is 0.748. The first kappa shape index (κ1) is 19.2. The average Bonchev–Trinajstić information content (AvgIpc) is 2.79. The van der Waals surface area contributed by atoms with E-state index >= 15 is 0 Å². The molecule has 0 radical (unpaired) electrons. The van der Waals surface area contributed by atoms with Gasteiger partial charge in [-0.05, 0) is 37.1 Å². The summed E-state index contributed by atoms with van der Waals surface area (Å²) < 4.78 is 0. The first-order chi connectivity index (χ1) is 14.3. The molecule has 1 fully saturated rings. The summed E-state index contributed by atoms with van der Waals surface area (Å²) in [7, 11) is 0. The summed E-state index contributed by atoms with van der Waals surface area (Å²) >= 11 is 0. The Morgan fingerprint density at radius 1 is 0.966 bits per heavy atom. The molecule has 150 valence electrons. The van der Waals surface area contributed by atoms with Crippen LogP contribution < -0.4 is 10.2 Å². The first-order valence-electron chi connectivity index (χ1n) is 10.4. The molecule has 6 nitrogen and oxygen atoms in total. The van der Waals surface area contributed by atoms with Crippen molar-refractivity contribution in [1.82, 2.24) is 20.2 Å². The Morgan fingerprint density at radius 2 is 1.79 bits per heavy atom. The standard InChI is InChI=1S/C23H28N6/c1-2-24-23(29-17-15-28(16-18-29)21-10-3-4-12-25-21)27-14-11-20-8-5-7-19-9-6-13-26-22(19)20/h3-10,12-13H,2,11,14-18H2,1H3,(H,24,27). The molecule has 0 spiro atoms. The van der Waals surface area contributed by atoms with Crippen LogP contribution in [-0.4, -0.2) is 60.1 Å². The molecule has 4 rings (SSSR count). The fourth-order valence-electron chi connectivity index (χ4n) is 3.77. The van der Waals surface area contributed by atoms with E-state index < -0.39 is 0 Å². The van der Waals surface area contributed by atoms with Gasteiger partial charge in [0.05, 0.1) is 5.52 Å². The Labute approximate surface area is 172 Å².